The Morgan fingerprint density at radius 3 is 1.71 bits per heavy atom. The molecule has 0 unspecified atom stereocenters. The van der Waals surface area contributed by atoms with Crippen LogP contribution in [0.15, 0.2) is 0 Å². The molecule has 0 spiro atoms. The maximum Gasteiger partial charge on any atom is -0.00514 e. The van der Waals surface area contributed by atoms with Crippen molar-refractivity contribution in [3.8, 4) is 0 Å². The molecule has 0 aliphatic rings. The lowest BCUT2D eigenvalue weighted by molar-refractivity contribution is 0.700. The highest BCUT2D eigenvalue weighted by molar-refractivity contribution is 7.37. The first kappa shape index (κ1) is 7.13. The van der Waals surface area contributed by atoms with Crippen molar-refractivity contribution in [3.63, 3.8) is 0 Å². The zero-order valence-electron chi connectivity index (χ0n) is 5.39. The van der Waals surface area contributed by atoms with Crippen LogP contribution in [0.2, 0.25) is 0 Å². The van der Waals surface area contributed by atoms with Gasteiger partial charge in [0.1, 0.15) is 0 Å². The van der Waals surface area contributed by atoms with E-state index in [0.717, 1.165) is 0 Å². The molecule has 0 aromatic carbocycles. The van der Waals surface area contributed by atoms with Gasteiger partial charge in [-0.05, 0) is 41.6 Å². The predicted octanol–water partition coefficient (Wildman–Crippen LogP) is 1.62. The normalized spacial score (nSPS) is 10.4. The molecule has 0 N–H and O–H groups in total. The fourth-order valence-corrected chi connectivity index (χ4v) is 1.20. The van der Waals surface area contributed by atoms with Gasteiger partial charge in [-0.25, -0.2) is 0 Å². The number of hydrogen-bond donors (Lipinski definition) is 0. The van der Waals surface area contributed by atoms with E-state index in [2.05, 4.69) is 32.6 Å². The third-order valence-corrected chi connectivity index (χ3v) is 1.20. The van der Waals surface area contributed by atoms with Gasteiger partial charge in [0.2, 0.25) is 0 Å². The van der Waals surface area contributed by atoms with E-state index in [1.165, 1.54) is 13.6 Å². The van der Waals surface area contributed by atoms with Crippen molar-refractivity contribution in [2.75, 3.05) is 14.1 Å². The van der Waals surface area contributed by atoms with E-state index in [1.54, 1.807) is 0 Å². The monoisotopic (exact) mass is 117 g/mol. The van der Waals surface area contributed by atoms with Gasteiger partial charge in [0.25, 0.3) is 0 Å². The fraction of sp³-hybridized carbons (Fsp3) is 0.800. The van der Waals surface area contributed by atoms with E-state index in [9.17, 15) is 0 Å². The van der Waals surface area contributed by atoms with Gasteiger partial charge in [-0.1, -0.05) is 0 Å². The van der Waals surface area contributed by atoms with Crippen molar-refractivity contribution in [1.29, 1.82) is 0 Å². The van der Waals surface area contributed by atoms with Crippen LogP contribution in [0.25, 0.3) is 0 Å². The van der Waals surface area contributed by atoms with Gasteiger partial charge in [-0.15, -0.1) is 0 Å². The van der Waals surface area contributed by atoms with Gasteiger partial charge >= 0.3 is 0 Å². The molecule has 0 aromatic rings. The molecule has 2 heteroatoms. The van der Waals surface area contributed by atoms with Crippen LogP contribution in [0.3, 0.4) is 0 Å². The highest BCUT2D eigenvalue weighted by Gasteiger charge is 1.78. The highest BCUT2D eigenvalue weighted by Crippen LogP contribution is 2.00. The smallest absolute Gasteiger partial charge is 0.00514 e. The van der Waals surface area contributed by atoms with Crippen LogP contribution in [0.1, 0.15) is 13.8 Å². The average Bonchev–Trinajstić information content (AvgIpc) is 1.27. The van der Waals surface area contributed by atoms with Crippen molar-refractivity contribution < 1.29 is 0 Å². The number of hydrogen-bond acceptors (Lipinski definition) is 1. The summed E-state index contributed by atoms with van der Waals surface area (Å²) in [6, 6.07) is 0. The summed E-state index contributed by atoms with van der Waals surface area (Å²) in [5.74, 6) is 0. The average molecular weight is 117 g/mol. The van der Waals surface area contributed by atoms with E-state index in [-0.39, 0.29) is 0 Å². The summed E-state index contributed by atoms with van der Waals surface area (Å²) in [7, 11) is 5.46. The maximum absolute atomic E-state index is 2.13. The third kappa shape index (κ3) is 6.13. The van der Waals surface area contributed by atoms with Crippen molar-refractivity contribution >= 4 is 13.6 Å². The van der Waals surface area contributed by atoms with Crippen LogP contribution in [-0.2, 0) is 0 Å². The molecule has 42 valence electrons. The minimum Gasteiger partial charge on any atom is -0.264 e. The van der Waals surface area contributed by atoms with Crippen molar-refractivity contribution in [3.05, 3.63) is 0 Å². The van der Waals surface area contributed by atoms with Gasteiger partial charge < -0.3 is 0 Å². The highest BCUT2D eigenvalue weighted by atomic mass is 31.1. The van der Waals surface area contributed by atoms with Crippen LogP contribution in [-0.4, -0.2) is 24.1 Å². The lowest BCUT2D eigenvalue weighted by Gasteiger charge is -1.98. The Morgan fingerprint density at radius 1 is 1.29 bits per heavy atom. The predicted molar refractivity (Wildman–Crippen MR) is 37.0 cm³/mol. The van der Waals surface area contributed by atoms with E-state index < -0.39 is 0 Å². The van der Waals surface area contributed by atoms with Crippen molar-refractivity contribution in [1.82, 2.24) is 4.67 Å². The molecule has 0 aromatic heterocycles. The second-order valence-electron chi connectivity index (χ2n) is 1.89. The van der Waals surface area contributed by atoms with Gasteiger partial charge in [-0.2, -0.15) is 0 Å². The molecule has 7 heavy (non-hydrogen) atoms. The minimum atomic E-state index is 1.33. The topological polar surface area (TPSA) is 3.24 Å². The van der Waals surface area contributed by atoms with Crippen LogP contribution >= 0.6 is 8.35 Å². The second-order valence-corrected chi connectivity index (χ2v) is 3.79. The summed E-state index contributed by atoms with van der Waals surface area (Å²) in [5.41, 5.74) is 0. The van der Waals surface area contributed by atoms with Crippen LogP contribution in [0.5, 0.6) is 0 Å². The molecule has 0 saturated heterocycles. The Morgan fingerprint density at radius 2 is 1.71 bits per heavy atom. The second kappa shape index (κ2) is 3.17. The Hall–Kier alpha value is 0.130. The molecule has 0 atom stereocenters. The van der Waals surface area contributed by atoms with E-state index >= 15 is 0 Å². The summed E-state index contributed by atoms with van der Waals surface area (Å²) in [4.78, 5) is 0. The zero-order chi connectivity index (χ0) is 5.86. The number of nitrogens with zero attached hydrogens (tertiary/aromatic N) is 1. The third-order valence-electron chi connectivity index (χ3n) is 0.400. The van der Waals surface area contributed by atoms with Gasteiger partial charge in [0, 0.05) is 0 Å². The molecule has 0 radical (unpaired) electrons. The molecular weight excluding hydrogens is 105 g/mol. The summed E-state index contributed by atoms with van der Waals surface area (Å²) >= 11 is 0. The first-order chi connectivity index (χ1) is 3.13. The quantitative estimate of drug-likeness (QED) is 0.472. The summed E-state index contributed by atoms with van der Waals surface area (Å²) in [6.45, 7) is 4.25. The minimum absolute atomic E-state index is 1.33. The van der Waals surface area contributed by atoms with Crippen molar-refractivity contribution in [2.24, 2.45) is 0 Å². The molecule has 0 amide bonds. The van der Waals surface area contributed by atoms with Crippen molar-refractivity contribution in [2.45, 2.75) is 13.8 Å². The SMILES string of the molecule is CC(C)=PN(C)C. The molecule has 0 aliphatic carbocycles. The Bertz CT molecular complexity index is 72.1. The summed E-state index contributed by atoms with van der Waals surface area (Å²) < 4.78 is 2.13. The first-order valence-electron chi connectivity index (χ1n) is 2.32. The zero-order valence-corrected chi connectivity index (χ0v) is 6.29. The van der Waals surface area contributed by atoms with Gasteiger partial charge in [0.15, 0.2) is 0 Å². The lowest BCUT2D eigenvalue weighted by Crippen LogP contribution is -1.94. The Balaban J connectivity index is 3.45. The molecule has 1 nitrogen and oxygen atoms in total. The lowest BCUT2D eigenvalue weighted by atomic mass is 10.6. The Kier molecular flexibility index (Phi) is 3.23. The summed E-state index contributed by atoms with van der Waals surface area (Å²) in [5, 5.41) is 1.44. The van der Waals surface area contributed by atoms with Crippen LogP contribution in [0, 0.1) is 0 Å². The molecule has 0 rings (SSSR count). The van der Waals surface area contributed by atoms with Gasteiger partial charge in [-0.3, -0.25) is 4.67 Å². The fourth-order valence-electron chi connectivity index (χ4n) is 0.400. The summed E-state index contributed by atoms with van der Waals surface area (Å²) in [6.07, 6.45) is 0. The molecular formula is C5H12NP. The van der Waals surface area contributed by atoms with Crippen LogP contribution < -0.4 is 0 Å². The van der Waals surface area contributed by atoms with E-state index in [4.69, 9.17) is 0 Å². The number of rotatable bonds is 1. The molecule has 0 aliphatic heterocycles. The van der Waals surface area contributed by atoms with E-state index in [1.807, 2.05) is 0 Å². The maximum atomic E-state index is 2.13. The van der Waals surface area contributed by atoms with Gasteiger partial charge in [0.05, 0.1) is 0 Å². The molecule has 0 saturated carbocycles. The largest absolute Gasteiger partial charge is 0.264 e. The standard InChI is InChI=1S/C5H12NP/c1-5(2)7-6(3)4/h1-4H3. The Labute approximate surface area is 47.2 Å². The molecule has 0 heterocycles. The molecule has 0 fully saturated rings. The van der Waals surface area contributed by atoms with E-state index in [0.29, 0.717) is 0 Å². The van der Waals surface area contributed by atoms with Crippen LogP contribution in [0.4, 0.5) is 0 Å². The molecule has 0 bridgehead atoms. The first-order valence-corrected chi connectivity index (χ1v) is 3.17.